The molecule has 0 aliphatic heterocycles. The maximum absolute atomic E-state index is 12.2. The topological polar surface area (TPSA) is 118 Å². The third-order valence-corrected chi connectivity index (χ3v) is 6.06. The maximum Gasteiger partial charge on any atom is 0.309 e. The van der Waals surface area contributed by atoms with E-state index in [0.717, 1.165) is 18.4 Å². The SMILES string of the molecule is CC(NC(=O)C(=O)NCc1ccc(S(N)(=O)=O)cc1)c1ccc2c(c1)CCCC2. The van der Waals surface area contributed by atoms with E-state index in [1.165, 1.54) is 48.2 Å². The van der Waals surface area contributed by atoms with Gasteiger partial charge in [0.15, 0.2) is 0 Å². The van der Waals surface area contributed by atoms with Gasteiger partial charge in [-0.25, -0.2) is 13.6 Å². The highest BCUT2D eigenvalue weighted by molar-refractivity contribution is 7.89. The molecule has 1 aliphatic rings. The van der Waals surface area contributed by atoms with E-state index < -0.39 is 21.8 Å². The van der Waals surface area contributed by atoms with Crippen molar-refractivity contribution in [3.63, 3.8) is 0 Å². The average molecular weight is 416 g/mol. The zero-order valence-electron chi connectivity index (χ0n) is 16.3. The van der Waals surface area contributed by atoms with E-state index in [4.69, 9.17) is 5.14 Å². The Kier molecular flexibility index (Phi) is 6.34. The Hall–Kier alpha value is -2.71. The second kappa shape index (κ2) is 8.75. The summed E-state index contributed by atoms with van der Waals surface area (Å²) in [4.78, 5) is 24.3. The van der Waals surface area contributed by atoms with Crippen LogP contribution in [0.1, 0.15) is 48.1 Å². The number of carbonyl (C=O) groups excluding carboxylic acids is 2. The van der Waals surface area contributed by atoms with E-state index in [0.29, 0.717) is 5.56 Å². The van der Waals surface area contributed by atoms with Crippen molar-refractivity contribution in [2.45, 2.75) is 50.1 Å². The van der Waals surface area contributed by atoms with E-state index in [-0.39, 0.29) is 17.5 Å². The van der Waals surface area contributed by atoms with Gasteiger partial charge in [0.1, 0.15) is 0 Å². The average Bonchev–Trinajstić information content (AvgIpc) is 2.71. The molecule has 2 amide bonds. The highest BCUT2D eigenvalue weighted by Gasteiger charge is 2.18. The Labute approximate surface area is 170 Å². The number of nitrogens with one attached hydrogen (secondary N) is 2. The third-order valence-electron chi connectivity index (χ3n) is 5.13. The van der Waals surface area contributed by atoms with Gasteiger partial charge in [0.2, 0.25) is 10.0 Å². The fourth-order valence-electron chi connectivity index (χ4n) is 3.43. The van der Waals surface area contributed by atoms with Crippen molar-refractivity contribution in [2.75, 3.05) is 0 Å². The number of sulfonamides is 1. The summed E-state index contributed by atoms with van der Waals surface area (Å²) in [6.07, 6.45) is 4.53. The normalized spacial score (nSPS) is 14.6. The van der Waals surface area contributed by atoms with Crippen molar-refractivity contribution in [1.29, 1.82) is 0 Å². The lowest BCUT2D eigenvalue weighted by Gasteiger charge is -2.20. The number of amides is 2. The van der Waals surface area contributed by atoms with Crippen LogP contribution >= 0.6 is 0 Å². The molecule has 154 valence electrons. The molecular formula is C21H25N3O4S. The number of hydrogen-bond acceptors (Lipinski definition) is 4. The zero-order valence-corrected chi connectivity index (χ0v) is 17.1. The molecule has 0 aromatic heterocycles. The van der Waals surface area contributed by atoms with Crippen LogP contribution in [0.15, 0.2) is 47.4 Å². The number of fused-ring (bicyclic) bond motifs is 1. The van der Waals surface area contributed by atoms with Gasteiger partial charge in [-0.3, -0.25) is 9.59 Å². The fourth-order valence-corrected chi connectivity index (χ4v) is 3.94. The van der Waals surface area contributed by atoms with E-state index in [2.05, 4.69) is 22.8 Å². The Morgan fingerprint density at radius 1 is 1.00 bits per heavy atom. The summed E-state index contributed by atoms with van der Waals surface area (Å²) in [6.45, 7) is 1.95. The van der Waals surface area contributed by atoms with Gasteiger partial charge in [0, 0.05) is 6.54 Å². The molecule has 0 radical (unpaired) electrons. The van der Waals surface area contributed by atoms with Crippen molar-refractivity contribution < 1.29 is 18.0 Å². The van der Waals surface area contributed by atoms with E-state index in [1.54, 1.807) is 0 Å². The van der Waals surface area contributed by atoms with Crippen LogP contribution in [0.3, 0.4) is 0 Å². The maximum atomic E-state index is 12.2. The molecule has 2 aromatic carbocycles. The monoisotopic (exact) mass is 415 g/mol. The first-order valence-corrected chi connectivity index (χ1v) is 11.1. The lowest BCUT2D eigenvalue weighted by atomic mass is 9.89. The number of aryl methyl sites for hydroxylation is 2. The molecule has 0 saturated carbocycles. The Bertz CT molecular complexity index is 1020. The number of benzene rings is 2. The lowest BCUT2D eigenvalue weighted by molar-refractivity contribution is -0.139. The summed E-state index contributed by atoms with van der Waals surface area (Å²) in [6, 6.07) is 11.7. The summed E-state index contributed by atoms with van der Waals surface area (Å²) in [7, 11) is -3.76. The van der Waals surface area contributed by atoms with Crippen LogP contribution in [-0.4, -0.2) is 20.2 Å². The van der Waals surface area contributed by atoms with Crippen molar-refractivity contribution in [3.8, 4) is 0 Å². The molecule has 1 unspecified atom stereocenters. The van der Waals surface area contributed by atoms with Crippen molar-refractivity contribution in [1.82, 2.24) is 10.6 Å². The van der Waals surface area contributed by atoms with Gasteiger partial charge in [0.05, 0.1) is 10.9 Å². The van der Waals surface area contributed by atoms with Crippen LogP contribution < -0.4 is 15.8 Å². The number of rotatable bonds is 5. The van der Waals surface area contributed by atoms with Crippen LogP contribution in [0.5, 0.6) is 0 Å². The molecule has 0 saturated heterocycles. The summed E-state index contributed by atoms with van der Waals surface area (Å²) in [5.74, 6) is -1.46. The molecule has 7 nitrogen and oxygen atoms in total. The first kappa shape index (κ1) is 21.0. The van der Waals surface area contributed by atoms with Gasteiger partial charge in [-0.2, -0.15) is 0 Å². The highest BCUT2D eigenvalue weighted by atomic mass is 32.2. The van der Waals surface area contributed by atoms with Crippen molar-refractivity contribution in [2.24, 2.45) is 5.14 Å². The van der Waals surface area contributed by atoms with E-state index in [1.807, 2.05) is 13.0 Å². The van der Waals surface area contributed by atoms with Crippen LogP contribution in [0.2, 0.25) is 0 Å². The van der Waals surface area contributed by atoms with Crippen LogP contribution in [-0.2, 0) is 39.0 Å². The van der Waals surface area contributed by atoms with Gasteiger partial charge in [-0.05, 0) is 67.0 Å². The van der Waals surface area contributed by atoms with Gasteiger partial charge in [-0.1, -0.05) is 30.3 Å². The number of nitrogens with two attached hydrogens (primary N) is 1. The zero-order chi connectivity index (χ0) is 21.0. The fraction of sp³-hybridized carbons (Fsp3) is 0.333. The molecule has 0 bridgehead atoms. The minimum absolute atomic E-state index is 0.0100. The molecule has 4 N–H and O–H groups in total. The van der Waals surface area contributed by atoms with Crippen molar-refractivity contribution >= 4 is 21.8 Å². The third kappa shape index (κ3) is 5.42. The first-order valence-electron chi connectivity index (χ1n) is 9.56. The van der Waals surface area contributed by atoms with Gasteiger partial charge in [-0.15, -0.1) is 0 Å². The molecule has 29 heavy (non-hydrogen) atoms. The molecular weight excluding hydrogens is 390 g/mol. The molecule has 0 spiro atoms. The number of primary sulfonamides is 1. The van der Waals surface area contributed by atoms with Gasteiger partial charge in [0.25, 0.3) is 0 Å². The number of hydrogen-bond donors (Lipinski definition) is 3. The predicted molar refractivity (Wildman–Crippen MR) is 109 cm³/mol. The van der Waals surface area contributed by atoms with Crippen LogP contribution in [0.4, 0.5) is 0 Å². The second-order valence-electron chi connectivity index (χ2n) is 7.30. The van der Waals surface area contributed by atoms with Gasteiger partial charge >= 0.3 is 11.8 Å². The summed E-state index contributed by atoms with van der Waals surface area (Å²) in [5.41, 5.74) is 4.32. The van der Waals surface area contributed by atoms with Crippen LogP contribution in [0.25, 0.3) is 0 Å². The summed E-state index contributed by atoms with van der Waals surface area (Å²) < 4.78 is 22.5. The van der Waals surface area contributed by atoms with Gasteiger partial charge < -0.3 is 10.6 Å². The molecule has 0 fully saturated rings. The Balaban J connectivity index is 1.54. The first-order chi connectivity index (χ1) is 13.7. The predicted octanol–water partition coefficient (Wildman–Crippen LogP) is 1.71. The minimum Gasteiger partial charge on any atom is -0.344 e. The Morgan fingerprint density at radius 2 is 1.66 bits per heavy atom. The molecule has 3 rings (SSSR count). The number of carbonyl (C=O) groups is 2. The molecule has 8 heteroatoms. The lowest BCUT2D eigenvalue weighted by Crippen LogP contribution is -2.40. The Morgan fingerprint density at radius 3 is 2.31 bits per heavy atom. The summed E-state index contributed by atoms with van der Waals surface area (Å²) >= 11 is 0. The quantitative estimate of drug-likeness (QED) is 0.644. The minimum atomic E-state index is -3.76. The molecule has 0 heterocycles. The highest BCUT2D eigenvalue weighted by Crippen LogP contribution is 2.24. The second-order valence-corrected chi connectivity index (χ2v) is 8.86. The molecule has 1 atom stereocenters. The van der Waals surface area contributed by atoms with E-state index >= 15 is 0 Å². The summed E-state index contributed by atoms with van der Waals surface area (Å²) in [5, 5.41) is 10.3. The molecule has 1 aliphatic carbocycles. The van der Waals surface area contributed by atoms with Crippen LogP contribution in [0, 0.1) is 0 Å². The molecule has 2 aromatic rings. The smallest absolute Gasteiger partial charge is 0.309 e. The van der Waals surface area contributed by atoms with E-state index in [9.17, 15) is 18.0 Å². The standard InChI is InChI=1S/C21H25N3O4S/c1-14(17-9-8-16-4-2-3-5-18(16)12-17)24-21(26)20(25)23-13-15-6-10-19(11-7-15)29(22,27)28/h6-12,14H,2-5,13H2,1H3,(H,23,25)(H,24,26)(H2,22,27,28). The largest absolute Gasteiger partial charge is 0.344 e. The van der Waals surface area contributed by atoms with Crippen molar-refractivity contribution in [3.05, 3.63) is 64.7 Å².